The molecule has 7 nitrogen and oxygen atoms in total. The molecule has 2 aromatic rings. The molecular weight excluding hydrogens is 346 g/mol. The Morgan fingerprint density at radius 1 is 1.00 bits per heavy atom. The van der Waals surface area contributed by atoms with E-state index in [0.29, 0.717) is 11.5 Å². The van der Waals surface area contributed by atoms with Crippen LogP contribution in [-0.2, 0) is 16.0 Å². The normalized spacial score (nSPS) is 12.7. The van der Waals surface area contributed by atoms with Crippen LogP contribution in [0.3, 0.4) is 0 Å². The summed E-state index contributed by atoms with van der Waals surface area (Å²) in [5.74, 6) is 0.545. The van der Waals surface area contributed by atoms with Crippen molar-refractivity contribution in [3.63, 3.8) is 0 Å². The smallest absolute Gasteiger partial charge is 0.276 e. The Kier molecular flexibility index (Phi) is 6.14. The molecule has 0 aromatic heterocycles. The molecule has 1 aliphatic rings. The van der Waals surface area contributed by atoms with Gasteiger partial charge in [-0.1, -0.05) is 18.2 Å². The molecule has 0 radical (unpaired) electrons. The lowest BCUT2D eigenvalue weighted by Gasteiger charge is -2.30. The molecule has 27 heavy (non-hydrogen) atoms. The minimum atomic E-state index is -0.432. The Labute approximate surface area is 158 Å². The summed E-state index contributed by atoms with van der Waals surface area (Å²) >= 11 is 0. The van der Waals surface area contributed by atoms with Crippen molar-refractivity contribution in [2.45, 2.75) is 12.8 Å². The highest BCUT2D eigenvalue weighted by molar-refractivity contribution is 5.85. The molecule has 2 N–H and O–H groups in total. The number of nitrogens with one attached hydrogen (secondary N) is 2. The number of hydrogen-bond acceptors (Lipinski definition) is 5. The van der Waals surface area contributed by atoms with Crippen molar-refractivity contribution in [1.29, 1.82) is 0 Å². The van der Waals surface area contributed by atoms with E-state index in [1.807, 2.05) is 23.1 Å². The Balaban J connectivity index is 1.42. The number of carbonyl (C=O) groups excluding carboxylic acids is 2. The van der Waals surface area contributed by atoms with Gasteiger partial charge >= 0.3 is 0 Å². The van der Waals surface area contributed by atoms with Crippen molar-refractivity contribution >= 4 is 17.5 Å². The van der Waals surface area contributed by atoms with Gasteiger partial charge in [-0.25, -0.2) is 0 Å². The molecule has 3 rings (SSSR count). The minimum Gasteiger partial charge on any atom is -0.497 e. The van der Waals surface area contributed by atoms with Gasteiger partial charge in [0, 0.05) is 12.2 Å². The third kappa shape index (κ3) is 5.13. The van der Waals surface area contributed by atoms with Gasteiger partial charge in [0.2, 0.25) is 0 Å². The summed E-state index contributed by atoms with van der Waals surface area (Å²) in [7, 11) is 1.58. The molecule has 2 amide bonds. The maximum absolute atomic E-state index is 12.1. The zero-order chi connectivity index (χ0) is 19.1. The number of nitrogens with zero attached hydrogens (tertiary/aromatic N) is 1. The van der Waals surface area contributed by atoms with Gasteiger partial charge in [-0.15, -0.1) is 0 Å². The fourth-order valence-corrected chi connectivity index (χ4v) is 2.98. The molecule has 0 saturated heterocycles. The van der Waals surface area contributed by atoms with E-state index in [1.165, 1.54) is 5.56 Å². The summed E-state index contributed by atoms with van der Waals surface area (Å²) < 4.78 is 10.4. The lowest BCUT2D eigenvalue weighted by atomic mass is 10.0. The molecule has 0 saturated carbocycles. The average molecular weight is 369 g/mol. The SMILES string of the molecule is COc1ccc(OCC(=O)NNC(=O)CN2CCCc3ccccc32)cc1. The molecule has 0 spiro atoms. The molecule has 7 heteroatoms. The van der Waals surface area contributed by atoms with Gasteiger partial charge in [-0.05, 0) is 48.7 Å². The highest BCUT2D eigenvalue weighted by atomic mass is 16.5. The number of aryl methyl sites for hydroxylation is 1. The van der Waals surface area contributed by atoms with Gasteiger partial charge in [0.25, 0.3) is 11.8 Å². The lowest BCUT2D eigenvalue weighted by molar-refractivity contribution is -0.129. The van der Waals surface area contributed by atoms with Crippen LogP contribution in [0.25, 0.3) is 0 Å². The van der Waals surface area contributed by atoms with Gasteiger partial charge in [0.05, 0.1) is 13.7 Å². The third-order valence-corrected chi connectivity index (χ3v) is 4.31. The topological polar surface area (TPSA) is 79.9 Å². The van der Waals surface area contributed by atoms with Crippen LogP contribution in [-0.4, -0.2) is 38.6 Å². The van der Waals surface area contributed by atoms with Gasteiger partial charge in [-0.3, -0.25) is 20.4 Å². The average Bonchev–Trinajstić information content (AvgIpc) is 2.71. The molecular formula is C20H23N3O4. The summed E-state index contributed by atoms with van der Waals surface area (Å²) in [5.41, 5.74) is 7.13. The van der Waals surface area contributed by atoms with Gasteiger partial charge in [0.15, 0.2) is 6.61 Å². The molecule has 142 valence electrons. The second-order valence-electron chi connectivity index (χ2n) is 6.21. The van der Waals surface area contributed by atoms with E-state index >= 15 is 0 Å². The summed E-state index contributed by atoms with van der Waals surface area (Å²) in [6, 6.07) is 15.0. The van der Waals surface area contributed by atoms with E-state index in [2.05, 4.69) is 16.9 Å². The number of para-hydroxylation sites is 1. The van der Waals surface area contributed by atoms with Crippen molar-refractivity contribution in [3.8, 4) is 11.5 Å². The first kappa shape index (κ1) is 18.6. The van der Waals surface area contributed by atoms with E-state index in [4.69, 9.17) is 9.47 Å². The molecule has 0 unspecified atom stereocenters. The van der Waals surface area contributed by atoms with Crippen LogP contribution in [0.5, 0.6) is 11.5 Å². The number of hydrazine groups is 1. The number of fused-ring (bicyclic) bond motifs is 1. The monoisotopic (exact) mass is 369 g/mol. The maximum Gasteiger partial charge on any atom is 0.276 e. The molecule has 0 atom stereocenters. The first-order valence-corrected chi connectivity index (χ1v) is 8.83. The summed E-state index contributed by atoms with van der Waals surface area (Å²) in [4.78, 5) is 26.0. The van der Waals surface area contributed by atoms with E-state index < -0.39 is 5.91 Å². The van der Waals surface area contributed by atoms with E-state index in [0.717, 1.165) is 25.1 Å². The fraction of sp³-hybridized carbons (Fsp3) is 0.300. The number of anilines is 1. The maximum atomic E-state index is 12.1. The standard InChI is InChI=1S/C20H23N3O4/c1-26-16-8-10-17(11-9-16)27-14-20(25)22-21-19(24)13-23-12-4-6-15-5-2-3-7-18(15)23/h2-3,5,7-11H,4,6,12-14H2,1H3,(H,21,24)(H,22,25). The zero-order valence-electron chi connectivity index (χ0n) is 15.2. The Hall–Kier alpha value is -3.22. The molecule has 1 aliphatic heterocycles. The summed E-state index contributed by atoms with van der Waals surface area (Å²) in [6.07, 6.45) is 2.03. The predicted octanol–water partition coefficient (Wildman–Crippen LogP) is 1.67. The van der Waals surface area contributed by atoms with Crippen molar-refractivity contribution in [2.75, 3.05) is 31.7 Å². The van der Waals surface area contributed by atoms with Gasteiger partial charge < -0.3 is 14.4 Å². The molecule has 2 aromatic carbocycles. The number of carbonyl (C=O) groups is 2. The van der Waals surface area contributed by atoms with Crippen molar-refractivity contribution < 1.29 is 19.1 Å². The van der Waals surface area contributed by atoms with Gasteiger partial charge in [0.1, 0.15) is 11.5 Å². The van der Waals surface area contributed by atoms with Crippen LogP contribution < -0.4 is 25.2 Å². The number of hydrogen-bond donors (Lipinski definition) is 2. The highest BCUT2D eigenvalue weighted by Crippen LogP contribution is 2.26. The second kappa shape index (κ2) is 8.93. The number of rotatable bonds is 6. The Bertz CT molecular complexity index is 792. The molecule has 0 bridgehead atoms. The second-order valence-corrected chi connectivity index (χ2v) is 6.21. The number of methoxy groups -OCH3 is 1. The van der Waals surface area contributed by atoms with Crippen LogP contribution in [0.2, 0.25) is 0 Å². The first-order valence-electron chi connectivity index (χ1n) is 8.83. The quantitative estimate of drug-likeness (QED) is 0.758. The highest BCUT2D eigenvalue weighted by Gasteiger charge is 2.18. The van der Waals surface area contributed by atoms with Gasteiger partial charge in [-0.2, -0.15) is 0 Å². The number of ether oxygens (including phenoxy) is 2. The van der Waals surface area contributed by atoms with Crippen LogP contribution in [0, 0.1) is 0 Å². The molecule has 1 heterocycles. The van der Waals surface area contributed by atoms with E-state index in [-0.39, 0.29) is 19.1 Å². The van der Waals surface area contributed by atoms with Crippen molar-refractivity contribution in [3.05, 3.63) is 54.1 Å². The van der Waals surface area contributed by atoms with Crippen molar-refractivity contribution in [2.24, 2.45) is 0 Å². The molecule has 0 aliphatic carbocycles. The number of benzene rings is 2. The largest absolute Gasteiger partial charge is 0.497 e. The molecule has 0 fully saturated rings. The van der Waals surface area contributed by atoms with E-state index in [9.17, 15) is 9.59 Å². The van der Waals surface area contributed by atoms with Crippen molar-refractivity contribution in [1.82, 2.24) is 10.9 Å². The lowest BCUT2D eigenvalue weighted by Crippen LogP contribution is -2.48. The fourth-order valence-electron chi connectivity index (χ4n) is 2.98. The van der Waals surface area contributed by atoms with Crippen LogP contribution in [0.1, 0.15) is 12.0 Å². The summed E-state index contributed by atoms with van der Waals surface area (Å²) in [5, 5.41) is 0. The minimum absolute atomic E-state index is 0.191. The Morgan fingerprint density at radius 2 is 1.70 bits per heavy atom. The summed E-state index contributed by atoms with van der Waals surface area (Å²) in [6.45, 7) is 0.814. The zero-order valence-corrected chi connectivity index (χ0v) is 15.2. The first-order chi connectivity index (χ1) is 13.2. The number of amides is 2. The van der Waals surface area contributed by atoms with Crippen LogP contribution in [0.4, 0.5) is 5.69 Å². The Morgan fingerprint density at radius 3 is 2.48 bits per heavy atom. The van der Waals surface area contributed by atoms with E-state index in [1.54, 1.807) is 31.4 Å². The van der Waals surface area contributed by atoms with Crippen LogP contribution in [0.15, 0.2) is 48.5 Å². The third-order valence-electron chi connectivity index (χ3n) is 4.31. The van der Waals surface area contributed by atoms with Crippen LogP contribution >= 0.6 is 0 Å². The predicted molar refractivity (Wildman–Crippen MR) is 102 cm³/mol.